The van der Waals surface area contributed by atoms with Gasteiger partial charge in [0.05, 0.1) is 18.3 Å². The van der Waals surface area contributed by atoms with Gasteiger partial charge in [0.25, 0.3) is 0 Å². The highest BCUT2D eigenvalue weighted by Crippen LogP contribution is 2.28. The van der Waals surface area contributed by atoms with Gasteiger partial charge in [-0.15, -0.1) is 0 Å². The number of hydrogen-bond donors (Lipinski definition) is 1. The van der Waals surface area contributed by atoms with Crippen LogP contribution in [0.3, 0.4) is 0 Å². The van der Waals surface area contributed by atoms with E-state index in [9.17, 15) is 4.79 Å². The summed E-state index contributed by atoms with van der Waals surface area (Å²) in [7, 11) is 1.64. The number of hydrogen-bond acceptors (Lipinski definition) is 5. The monoisotopic (exact) mass is 410 g/mol. The predicted octanol–water partition coefficient (Wildman–Crippen LogP) is 3.89. The van der Waals surface area contributed by atoms with Crippen LogP contribution >= 0.6 is 11.6 Å². The maximum absolute atomic E-state index is 12.9. The fraction of sp³-hybridized carbons (Fsp3) is 0.318. The second-order valence-electron chi connectivity index (χ2n) is 7.15. The summed E-state index contributed by atoms with van der Waals surface area (Å²) in [5.74, 6) is 1.34. The second-order valence-corrected chi connectivity index (χ2v) is 7.56. The number of nitrogens with zero attached hydrogens (tertiary/aromatic N) is 3. The Kier molecular flexibility index (Phi) is 5.53. The van der Waals surface area contributed by atoms with Gasteiger partial charge in [-0.2, -0.15) is 0 Å². The molecule has 0 spiro atoms. The van der Waals surface area contributed by atoms with Crippen LogP contribution in [0.2, 0.25) is 5.02 Å². The maximum Gasteiger partial charge on any atom is 0.243 e. The van der Waals surface area contributed by atoms with Crippen LogP contribution in [0.1, 0.15) is 24.1 Å². The number of benzene rings is 2. The molecule has 4 rings (SSSR count). The van der Waals surface area contributed by atoms with E-state index in [0.29, 0.717) is 17.5 Å². The first-order valence-electron chi connectivity index (χ1n) is 9.67. The second kappa shape index (κ2) is 8.25. The Hall–Kier alpha value is -2.86. The molecule has 150 valence electrons. The number of methoxy groups -OCH3 is 1. The van der Waals surface area contributed by atoms with Crippen molar-refractivity contribution in [2.45, 2.75) is 32.4 Å². The van der Waals surface area contributed by atoms with Crippen molar-refractivity contribution in [2.75, 3.05) is 18.6 Å². The van der Waals surface area contributed by atoms with Gasteiger partial charge in [0.1, 0.15) is 11.8 Å². The molecule has 0 radical (unpaired) electrons. The van der Waals surface area contributed by atoms with E-state index in [1.54, 1.807) is 7.11 Å². The standard InChI is InChI=1S/C22H23ClN4O2/c1-14-17-12-16(29-2)9-10-19(17)26-22(25-14)27-11-5-8-20(27)21(28)24-13-15-6-3-4-7-18(15)23/h3-4,6-7,9-10,12,20H,5,8,11,13H2,1-2H3,(H,24,28). The molecule has 29 heavy (non-hydrogen) atoms. The topological polar surface area (TPSA) is 67.3 Å². The number of fused-ring (bicyclic) bond motifs is 1. The van der Waals surface area contributed by atoms with Crippen LogP contribution in [0.15, 0.2) is 42.5 Å². The fourth-order valence-electron chi connectivity index (χ4n) is 3.72. The van der Waals surface area contributed by atoms with Crippen molar-refractivity contribution in [2.24, 2.45) is 0 Å². The van der Waals surface area contributed by atoms with Crippen LogP contribution in [-0.2, 0) is 11.3 Å². The Morgan fingerprint density at radius 2 is 2.10 bits per heavy atom. The van der Waals surface area contributed by atoms with Crippen LogP contribution in [0.25, 0.3) is 10.9 Å². The van der Waals surface area contributed by atoms with Crippen molar-refractivity contribution >= 4 is 34.4 Å². The van der Waals surface area contributed by atoms with Crippen molar-refractivity contribution in [3.8, 4) is 5.75 Å². The van der Waals surface area contributed by atoms with E-state index < -0.39 is 0 Å². The molecule has 1 fully saturated rings. The van der Waals surface area contributed by atoms with Gasteiger partial charge >= 0.3 is 0 Å². The van der Waals surface area contributed by atoms with Crippen molar-refractivity contribution in [3.05, 3.63) is 58.7 Å². The lowest BCUT2D eigenvalue weighted by atomic mass is 10.1. The number of halogens is 1. The zero-order chi connectivity index (χ0) is 20.4. The number of aryl methyl sites for hydroxylation is 1. The Labute approximate surface area is 174 Å². The maximum atomic E-state index is 12.9. The third-order valence-electron chi connectivity index (χ3n) is 5.30. The smallest absolute Gasteiger partial charge is 0.243 e. The molecule has 6 nitrogen and oxygen atoms in total. The average molecular weight is 411 g/mol. The lowest BCUT2D eigenvalue weighted by Crippen LogP contribution is -2.43. The van der Waals surface area contributed by atoms with Crippen LogP contribution in [-0.4, -0.2) is 35.6 Å². The van der Waals surface area contributed by atoms with Gasteiger partial charge in [-0.25, -0.2) is 9.97 Å². The van der Waals surface area contributed by atoms with Crippen LogP contribution in [0, 0.1) is 6.92 Å². The number of carbonyl (C=O) groups excluding carboxylic acids is 1. The van der Waals surface area contributed by atoms with Crippen LogP contribution in [0.5, 0.6) is 5.75 Å². The summed E-state index contributed by atoms with van der Waals surface area (Å²) in [6, 6.07) is 13.0. The average Bonchev–Trinajstić information content (AvgIpc) is 3.23. The molecular formula is C22H23ClN4O2. The molecule has 0 bridgehead atoms. The van der Waals surface area contributed by atoms with E-state index in [-0.39, 0.29) is 11.9 Å². The zero-order valence-corrected chi connectivity index (χ0v) is 17.2. The van der Waals surface area contributed by atoms with Crippen molar-refractivity contribution in [1.29, 1.82) is 0 Å². The molecular weight excluding hydrogens is 388 g/mol. The number of amides is 1. The quantitative estimate of drug-likeness (QED) is 0.691. The summed E-state index contributed by atoms with van der Waals surface area (Å²) >= 11 is 6.20. The molecule has 0 aliphatic carbocycles. The van der Waals surface area contributed by atoms with E-state index in [0.717, 1.165) is 47.3 Å². The minimum absolute atomic E-state index is 0.0292. The normalized spacial score (nSPS) is 16.2. The SMILES string of the molecule is COc1ccc2nc(N3CCCC3C(=O)NCc3ccccc3Cl)nc(C)c2c1. The third-order valence-corrected chi connectivity index (χ3v) is 5.67. The summed E-state index contributed by atoms with van der Waals surface area (Å²) < 4.78 is 5.30. The number of anilines is 1. The number of ether oxygens (including phenoxy) is 1. The lowest BCUT2D eigenvalue weighted by molar-refractivity contribution is -0.122. The number of rotatable bonds is 5. The van der Waals surface area contributed by atoms with E-state index in [2.05, 4.69) is 10.3 Å². The van der Waals surface area contributed by atoms with Gasteiger partial charge in [0.15, 0.2) is 0 Å². The Bertz CT molecular complexity index is 1060. The summed E-state index contributed by atoms with van der Waals surface area (Å²) in [6.07, 6.45) is 1.70. The van der Waals surface area contributed by atoms with Crippen molar-refractivity contribution in [3.63, 3.8) is 0 Å². The zero-order valence-electron chi connectivity index (χ0n) is 16.5. The largest absolute Gasteiger partial charge is 0.497 e. The summed E-state index contributed by atoms with van der Waals surface area (Å²) in [4.78, 5) is 24.3. The molecule has 1 aliphatic heterocycles. The van der Waals surface area contributed by atoms with E-state index in [4.69, 9.17) is 21.3 Å². The minimum atomic E-state index is -0.285. The van der Waals surface area contributed by atoms with E-state index in [1.165, 1.54) is 0 Å². The summed E-state index contributed by atoms with van der Waals surface area (Å²) in [5.41, 5.74) is 2.61. The molecule has 1 aromatic heterocycles. The molecule has 1 unspecified atom stereocenters. The van der Waals surface area contributed by atoms with E-state index in [1.807, 2.05) is 54.3 Å². The minimum Gasteiger partial charge on any atom is -0.497 e. The Morgan fingerprint density at radius 1 is 1.28 bits per heavy atom. The predicted molar refractivity (Wildman–Crippen MR) is 114 cm³/mol. The first-order valence-corrected chi connectivity index (χ1v) is 10.0. The number of aromatic nitrogens is 2. The highest BCUT2D eigenvalue weighted by molar-refractivity contribution is 6.31. The molecule has 0 saturated carbocycles. The Balaban J connectivity index is 1.54. The van der Waals surface area contributed by atoms with Crippen LogP contribution < -0.4 is 15.0 Å². The molecule has 1 N–H and O–H groups in total. The molecule has 1 aliphatic rings. The molecule has 3 aromatic rings. The van der Waals surface area contributed by atoms with Gasteiger partial charge in [-0.1, -0.05) is 29.8 Å². The third kappa shape index (κ3) is 3.98. The van der Waals surface area contributed by atoms with Gasteiger partial charge < -0.3 is 15.0 Å². The van der Waals surface area contributed by atoms with Crippen molar-refractivity contribution in [1.82, 2.24) is 15.3 Å². The van der Waals surface area contributed by atoms with Crippen molar-refractivity contribution < 1.29 is 9.53 Å². The Morgan fingerprint density at radius 3 is 2.90 bits per heavy atom. The molecule has 2 heterocycles. The van der Waals surface area contributed by atoms with Gasteiger partial charge in [0.2, 0.25) is 11.9 Å². The fourth-order valence-corrected chi connectivity index (χ4v) is 3.92. The molecule has 1 saturated heterocycles. The van der Waals surface area contributed by atoms with E-state index >= 15 is 0 Å². The highest BCUT2D eigenvalue weighted by atomic mass is 35.5. The number of carbonyl (C=O) groups is 1. The summed E-state index contributed by atoms with van der Waals surface area (Å²) in [6.45, 7) is 3.11. The van der Waals surface area contributed by atoms with Crippen LogP contribution in [0.4, 0.5) is 5.95 Å². The van der Waals surface area contributed by atoms with Gasteiger partial charge in [-0.3, -0.25) is 4.79 Å². The lowest BCUT2D eigenvalue weighted by Gasteiger charge is -2.24. The molecule has 1 atom stereocenters. The first kappa shape index (κ1) is 19.5. The first-order chi connectivity index (χ1) is 14.1. The molecule has 7 heteroatoms. The van der Waals surface area contributed by atoms with Gasteiger partial charge in [0, 0.05) is 23.5 Å². The van der Waals surface area contributed by atoms with Gasteiger partial charge in [-0.05, 0) is 49.6 Å². The highest BCUT2D eigenvalue weighted by Gasteiger charge is 2.32. The summed E-state index contributed by atoms with van der Waals surface area (Å²) in [5, 5.41) is 4.61. The molecule has 1 amide bonds. The molecule has 2 aromatic carbocycles. The number of nitrogens with one attached hydrogen (secondary N) is 1.